The summed E-state index contributed by atoms with van der Waals surface area (Å²) in [6.45, 7) is 2.64. The van der Waals surface area contributed by atoms with Gasteiger partial charge in [-0.3, -0.25) is 4.79 Å². The molecular formula is C23H21NO3. The number of rotatable bonds is 4. The molecule has 1 amide bonds. The Labute approximate surface area is 158 Å². The largest absolute Gasteiger partial charge is 0.493 e. The average Bonchev–Trinajstić information content (AvgIpc) is 2.69. The summed E-state index contributed by atoms with van der Waals surface area (Å²) >= 11 is 0. The Morgan fingerprint density at radius 2 is 1.81 bits per heavy atom. The molecule has 1 atom stereocenters. The van der Waals surface area contributed by atoms with Gasteiger partial charge in [0.05, 0.1) is 12.6 Å². The van der Waals surface area contributed by atoms with Crippen molar-refractivity contribution < 1.29 is 14.3 Å². The van der Waals surface area contributed by atoms with Crippen LogP contribution < -0.4 is 14.8 Å². The number of nitrogens with one attached hydrogen (secondary N) is 1. The molecule has 0 radical (unpaired) electrons. The van der Waals surface area contributed by atoms with E-state index in [1.807, 2.05) is 61.5 Å². The van der Waals surface area contributed by atoms with E-state index in [1.54, 1.807) is 12.1 Å². The lowest BCUT2D eigenvalue weighted by atomic mass is 9.98. The first-order valence-electron chi connectivity index (χ1n) is 9.06. The number of benzene rings is 3. The second kappa shape index (κ2) is 7.54. The molecule has 27 heavy (non-hydrogen) atoms. The SMILES string of the molecule is Cc1ccc2c(c1)C(NC(=O)c1cccc(Oc3ccccc3)c1)CCO2. The maximum absolute atomic E-state index is 12.8. The minimum absolute atomic E-state index is 0.0557. The molecule has 4 heteroatoms. The molecule has 0 saturated carbocycles. The van der Waals surface area contributed by atoms with Crippen LogP contribution in [0.2, 0.25) is 0 Å². The number of carbonyl (C=O) groups is 1. The van der Waals surface area contributed by atoms with Gasteiger partial charge in [-0.05, 0) is 43.3 Å². The van der Waals surface area contributed by atoms with E-state index in [0.717, 1.165) is 29.0 Å². The highest BCUT2D eigenvalue weighted by Crippen LogP contribution is 2.33. The van der Waals surface area contributed by atoms with Gasteiger partial charge in [0.2, 0.25) is 0 Å². The molecule has 1 aliphatic heterocycles. The molecule has 136 valence electrons. The standard InChI is InChI=1S/C23H21NO3/c1-16-10-11-22-20(14-16)21(12-13-26-22)24-23(25)17-6-5-9-19(15-17)27-18-7-3-2-4-8-18/h2-11,14-15,21H,12-13H2,1H3,(H,24,25). The summed E-state index contributed by atoms with van der Waals surface area (Å²) in [5.41, 5.74) is 2.76. The minimum Gasteiger partial charge on any atom is -0.493 e. The number of ether oxygens (including phenoxy) is 2. The number of carbonyl (C=O) groups excluding carboxylic acids is 1. The Morgan fingerprint density at radius 1 is 1.00 bits per heavy atom. The number of hydrogen-bond donors (Lipinski definition) is 1. The van der Waals surface area contributed by atoms with Gasteiger partial charge < -0.3 is 14.8 Å². The van der Waals surface area contributed by atoms with Gasteiger partial charge in [-0.1, -0.05) is 42.0 Å². The average molecular weight is 359 g/mol. The van der Waals surface area contributed by atoms with Gasteiger partial charge in [0, 0.05) is 17.5 Å². The van der Waals surface area contributed by atoms with Gasteiger partial charge >= 0.3 is 0 Å². The third kappa shape index (κ3) is 3.95. The number of para-hydroxylation sites is 1. The van der Waals surface area contributed by atoms with Crippen molar-refractivity contribution in [1.29, 1.82) is 0 Å². The summed E-state index contributed by atoms with van der Waals surface area (Å²) in [7, 11) is 0. The molecule has 1 unspecified atom stereocenters. The monoisotopic (exact) mass is 359 g/mol. The van der Waals surface area contributed by atoms with Crippen LogP contribution in [0, 0.1) is 6.92 Å². The smallest absolute Gasteiger partial charge is 0.251 e. The van der Waals surface area contributed by atoms with Crippen LogP contribution in [0.4, 0.5) is 0 Å². The fourth-order valence-electron chi connectivity index (χ4n) is 3.23. The van der Waals surface area contributed by atoms with Crippen molar-refractivity contribution in [3.05, 3.63) is 89.5 Å². The topological polar surface area (TPSA) is 47.6 Å². The Balaban J connectivity index is 1.51. The second-order valence-corrected chi connectivity index (χ2v) is 6.65. The molecule has 0 bridgehead atoms. The van der Waals surface area contributed by atoms with E-state index in [1.165, 1.54) is 0 Å². The van der Waals surface area contributed by atoms with E-state index in [-0.39, 0.29) is 11.9 Å². The molecule has 0 aromatic heterocycles. The minimum atomic E-state index is -0.118. The first-order chi connectivity index (χ1) is 13.2. The fraction of sp³-hybridized carbons (Fsp3) is 0.174. The van der Waals surface area contributed by atoms with Crippen LogP contribution in [0.3, 0.4) is 0 Å². The van der Waals surface area contributed by atoms with E-state index < -0.39 is 0 Å². The van der Waals surface area contributed by atoms with Gasteiger partial charge in [0.15, 0.2) is 0 Å². The molecule has 3 aromatic rings. The summed E-state index contributed by atoms with van der Waals surface area (Å²) in [5, 5.41) is 3.14. The molecule has 0 aliphatic carbocycles. The van der Waals surface area contributed by atoms with Crippen LogP contribution in [0.5, 0.6) is 17.2 Å². The van der Waals surface area contributed by atoms with Crippen molar-refractivity contribution in [2.24, 2.45) is 0 Å². The quantitative estimate of drug-likeness (QED) is 0.710. The Kier molecular flexibility index (Phi) is 4.79. The van der Waals surface area contributed by atoms with Crippen LogP contribution in [-0.4, -0.2) is 12.5 Å². The zero-order chi connectivity index (χ0) is 18.6. The first-order valence-corrected chi connectivity index (χ1v) is 9.06. The number of hydrogen-bond acceptors (Lipinski definition) is 3. The lowest BCUT2D eigenvalue weighted by molar-refractivity contribution is 0.0924. The van der Waals surface area contributed by atoms with Crippen molar-refractivity contribution in [3.8, 4) is 17.2 Å². The van der Waals surface area contributed by atoms with E-state index in [4.69, 9.17) is 9.47 Å². The summed E-state index contributed by atoms with van der Waals surface area (Å²) in [6, 6.07) is 22.8. The van der Waals surface area contributed by atoms with Gasteiger partial charge in [0.25, 0.3) is 5.91 Å². The van der Waals surface area contributed by atoms with Gasteiger partial charge in [-0.15, -0.1) is 0 Å². The lowest BCUT2D eigenvalue weighted by Gasteiger charge is -2.27. The highest BCUT2D eigenvalue weighted by Gasteiger charge is 2.23. The van der Waals surface area contributed by atoms with Crippen LogP contribution >= 0.6 is 0 Å². The van der Waals surface area contributed by atoms with E-state index in [0.29, 0.717) is 17.9 Å². The first kappa shape index (κ1) is 17.2. The van der Waals surface area contributed by atoms with Crippen LogP contribution in [0.1, 0.15) is 33.9 Å². The molecule has 1 N–H and O–H groups in total. The van der Waals surface area contributed by atoms with Gasteiger partial charge in [-0.25, -0.2) is 0 Å². The molecule has 0 spiro atoms. The molecule has 1 aliphatic rings. The number of fused-ring (bicyclic) bond motifs is 1. The molecular weight excluding hydrogens is 338 g/mol. The molecule has 1 heterocycles. The Bertz CT molecular complexity index is 953. The molecule has 3 aromatic carbocycles. The van der Waals surface area contributed by atoms with Gasteiger partial charge in [-0.2, -0.15) is 0 Å². The van der Waals surface area contributed by atoms with Crippen molar-refractivity contribution in [3.63, 3.8) is 0 Å². The Morgan fingerprint density at radius 3 is 2.67 bits per heavy atom. The third-order valence-electron chi connectivity index (χ3n) is 4.59. The van der Waals surface area contributed by atoms with Crippen molar-refractivity contribution in [2.45, 2.75) is 19.4 Å². The van der Waals surface area contributed by atoms with E-state index in [2.05, 4.69) is 11.4 Å². The van der Waals surface area contributed by atoms with Crippen molar-refractivity contribution >= 4 is 5.91 Å². The third-order valence-corrected chi connectivity index (χ3v) is 4.59. The highest BCUT2D eigenvalue weighted by molar-refractivity contribution is 5.94. The summed E-state index contributed by atoms with van der Waals surface area (Å²) < 4.78 is 11.5. The van der Waals surface area contributed by atoms with Crippen LogP contribution in [-0.2, 0) is 0 Å². The zero-order valence-corrected chi connectivity index (χ0v) is 15.1. The zero-order valence-electron chi connectivity index (χ0n) is 15.1. The number of amides is 1. The van der Waals surface area contributed by atoms with Crippen LogP contribution in [0.25, 0.3) is 0 Å². The fourth-order valence-corrected chi connectivity index (χ4v) is 3.23. The second-order valence-electron chi connectivity index (χ2n) is 6.65. The van der Waals surface area contributed by atoms with Crippen LogP contribution in [0.15, 0.2) is 72.8 Å². The van der Waals surface area contributed by atoms with E-state index >= 15 is 0 Å². The highest BCUT2D eigenvalue weighted by atomic mass is 16.5. The normalized spacial score (nSPS) is 15.4. The van der Waals surface area contributed by atoms with Crippen molar-refractivity contribution in [2.75, 3.05) is 6.61 Å². The molecule has 0 fully saturated rings. The van der Waals surface area contributed by atoms with Crippen molar-refractivity contribution in [1.82, 2.24) is 5.32 Å². The molecule has 4 nitrogen and oxygen atoms in total. The summed E-state index contributed by atoms with van der Waals surface area (Å²) in [4.78, 5) is 12.8. The lowest BCUT2D eigenvalue weighted by Crippen LogP contribution is -2.32. The predicted molar refractivity (Wildman–Crippen MR) is 104 cm³/mol. The van der Waals surface area contributed by atoms with Gasteiger partial charge in [0.1, 0.15) is 17.2 Å². The number of aryl methyl sites for hydroxylation is 1. The Hall–Kier alpha value is -3.27. The molecule has 0 saturated heterocycles. The maximum Gasteiger partial charge on any atom is 0.251 e. The summed E-state index contributed by atoms with van der Waals surface area (Å²) in [5.74, 6) is 2.10. The predicted octanol–water partition coefficient (Wildman–Crippen LogP) is 5.04. The summed E-state index contributed by atoms with van der Waals surface area (Å²) in [6.07, 6.45) is 0.752. The van der Waals surface area contributed by atoms with E-state index in [9.17, 15) is 4.79 Å². The molecule has 4 rings (SSSR count). The maximum atomic E-state index is 12.8.